The maximum absolute atomic E-state index is 12.6. The average Bonchev–Trinajstić information content (AvgIpc) is 2.61. The van der Waals surface area contributed by atoms with Gasteiger partial charge in [-0.25, -0.2) is 4.79 Å². The molecule has 0 aliphatic rings. The number of hydrogen-bond donors (Lipinski definition) is 1. The first-order chi connectivity index (χ1) is 12.4. The molecule has 2 rings (SSSR count). The second-order valence-corrected chi connectivity index (χ2v) is 6.07. The van der Waals surface area contributed by atoms with Gasteiger partial charge in [0.15, 0.2) is 6.10 Å². The largest absolute Gasteiger partial charge is 0.481 e. The van der Waals surface area contributed by atoms with Gasteiger partial charge in [-0.1, -0.05) is 19.1 Å². The Morgan fingerprint density at radius 3 is 2.46 bits per heavy atom. The Labute approximate surface area is 154 Å². The number of amides is 1. The van der Waals surface area contributed by atoms with E-state index < -0.39 is 6.10 Å². The fraction of sp³-hybridized carbons (Fsp3) is 0.333. The van der Waals surface area contributed by atoms with Crippen molar-refractivity contribution in [3.05, 3.63) is 59.2 Å². The summed E-state index contributed by atoms with van der Waals surface area (Å²) < 4.78 is 10.8. The van der Waals surface area contributed by atoms with Crippen LogP contribution >= 0.6 is 0 Å². The average molecular weight is 355 g/mol. The molecule has 0 aliphatic carbocycles. The molecule has 138 valence electrons. The van der Waals surface area contributed by atoms with Crippen molar-refractivity contribution in [2.24, 2.45) is 0 Å². The van der Waals surface area contributed by atoms with Crippen molar-refractivity contribution < 1.29 is 19.1 Å². The molecule has 1 atom stereocenters. The molecule has 0 aliphatic heterocycles. The normalized spacial score (nSPS) is 11.5. The summed E-state index contributed by atoms with van der Waals surface area (Å²) in [6.07, 6.45) is -0.0550. The summed E-state index contributed by atoms with van der Waals surface area (Å²) in [7, 11) is 0. The van der Waals surface area contributed by atoms with Crippen LogP contribution in [0.15, 0.2) is 42.5 Å². The summed E-state index contributed by atoms with van der Waals surface area (Å²) in [5.41, 5.74) is 2.97. The molecule has 1 amide bonds. The first-order valence-electron chi connectivity index (χ1n) is 8.76. The Hall–Kier alpha value is -2.82. The predicted molar refractivity (Wildman–Crippen MR) is 102 cm³/mol. The Morgan fingerprint density at radius 2 is 1.85 bits per heavy atom. The minimum atomic E-state index is -0.596. The number of carbonyl (C=O) groups excluding carboxylic acids is 2. The third-order valence-corrected chi connectivity index (χ3v) is 3.93. The standard InChI is InChI=1S/C21H25NO4/c1-5-19(26-17-9-7-8-14(3)12-17)20(23)22-18-11-10-16(13-15(18)4)21(24)25-6-2/h7-13,19H,5-6H2,1-4H3,(H,22,23)/t19-/m0/s1. The van der Waals surface area contributed by atoms with Gasteiger partial charge in [-0.2, -0.15) is 0 Å². The van der Waals surface area contributed by atoms with E-state index in [-0.39, 0.29) is 11.9 Å². The van der Waals surface area contributed by atoms with Gasteiger partial charge in [0.1, 0.15) is 5.75 Å². The van der Waals surface area contributed by atoms with E-state index in [1.54, 1.807) is 25.1 Å². The third-order valence-electron chi connectivity index (χ3n) is 3.93. The molecule has 5 heteroatoms. The van der Waals surface area contributed by atoms with Crippen molar-refractivity contribution in [1.82, 2.24) is 0 Å². The number of aryl methyl sites for hydroxylation is 2. The molecule has 2 aromatic rings. The minimum absolute atomic E-state index is 0.221. The molecule has 0 radical (unpaired) electrons. The second kappa shape index (κ2) is 9.04. The molecule has 0 heterocycles. The number of ether oxygens (including phenoxy) is 2. The number of hydrogen-bond acceptors (Lipinski definition) is 4. The summed E-state index contributed by atoms with van der Waals surface area (Å²) in [4.78, 5) is 24.4. The lowest BCUT2D eigenvalue weighted by Crippen LogP contribution is -2.32. The summed E-state index contributed by atoms with van der Waals surface area (Å²) in [5, 5.41) is 2.88. The van der Waals surface area contributed by atoms with Crippen molar-refractivity contribution in [2.45, 2.75) is 40.2 Å². The predicted octanol–water partition coefficient (Wildman–Crippen LogP) is 4.28. The number of benzene rings is 2. The quantitative estimate of drug-likeness (QED) is 0.753. The van der Waals surface area contributed by atoms with E-state index >= 15 is 0 Å². The highest BCUT2D eigenvalue weighted by molar-refractivity contribution is 5.96. The molecule has 5 nitrogen and oxygen atoms in total. The molecule has 0 saturated heterocycles. The zero-order valence-electron chi connectivity index (χ0n) is 15.7. The van der Waals surface area contributed by atoms with Gasteiger partial charge < -0.3 is 14.8 Å². The SMILES string of the molecule is CCOC(=O)c1ccc(NC(=O)[C@H](CC)Oc2cccc(C)c2)c(C)c1. The first-order valence-corrected chi connectivity index (χ1v) is 8.76. The summed E-state index contributed by atoms with van der Waals surface area (Å²) >= 11 is 0. The van der Waals surface area contributed by atoms with Crippen molar-refractivity contribution in [2.75, 3.05) is 11.9 Å². The van der Waals surface area contributed by atoms with Crippen LogP contribution in [0.2, 0.25) is 0 Å². The van der Waals surface area contributed by atoms with Crippen LogP contribution in [0.3, 0.4) is 0 Å². The molecule has 0 spiro atoms. The Morgan fingerprint density at radius 1 is 1.08 bits per heavy atom. The zero-order valence-corrected chi connectivity index (χ0v) is 15.7. The summed E-state index contributed by atoms with van der Waals surface area (Å²) in [5.74, 6) is 0.0741. The van der Waals surface area contributed by atoms with E-state index in [9.17, 15) is 9.59 Å². The van der Waals surface area contributed by atoms with Gasteiger partial charge >= 0.3 is 5.97 Å². The van der Waals surface area contributed by atoms with Crippen molar-refractivity contribution in [3.8, 4) is 5.75 Å². The molecule has 1 N–H and O–H groups in total. The van der Waals surface area contributed by atoms with E-state index in [4.69, 9.17) is 9.47 Å². The van der Waals surface area contributed by atoms with Gasteiger partial charge in [-0.05, 0) is 68.7 Å². The zero-order chi connectivity index (χ0) is 19.1. The fourth-order valence-corrected chi connectivity index (χ4v) is 2.53. The number of esters is 1. The van der Waals surface area contributed by atoms with E-state index in [1.165, 1.54) is 0 Å². The van der Waals surface area contributed by atoms with Gasteiger partial charge in [0.25, 0.3) is 5.91 Å². The van der Waals surface area contributed by atoms with Gasteiger partial charge in [0, 0.05) is 5.69 Å². The monoisotopic (exact) mass is 355 g/mol. The first kappa shape index (κ1) is 19.5. The number of nitrogens with one attached hydrogen (secondary N) is 1. The lowest BCUT2D eigenvalue weighted by atomic mass is 10.1. The van der Waals surface area contributed by atoms with Crippen LogP contribution in [0, 0.1) is 13.8 Å². The molecule has 2 aromatic carbocycles. The summed E-state index contributed by atoms with van der Waals surface area (Å²) in [6.45, 7) is 7.79. The maximum atomic E-state index is 12.6. The number of carbonyl (C=O) groups is 2. The van der Waals surface area contributed by atoms with Crippen LogP contribution < -0.4 is 10.1 Å². The number of anilines is 1. The van der Waals surface area contributed by atoms with Crippen LogP contribution in [-0.2, 0) is 9.53 Å². The van der Waals surface area contributed by atoms with Crippen LogP contribution in [0.4, 0.5) is 5.69 Å². The van der Waals surface area contributed by atoms with Crippen LogP contribution in [0.1, 0.15) is 41.8 Å². The molecule has 0 fully saturated rings. The number of rotatable bonds is 7. The fourth-order valence-electron chi connectivity index (χ4n) is 2.53. The second-order valence-electron chi connectivity index (χ2n) is 6.07. The maximum Gasteiger partial charge on any atom is 0.338 e. The highest BCUT2D eigenvalue weighted by atomic mass is 16.5. The third kappa shape index (κ3) is 5.09. The van der Waals surface area contributed by atoms with E-state index in [1.807, 2.05) is 45.0 Å². The molecule has 0 unspecified atom stereocenters. The van der Waals surface area contributed by atoms with Crippen LogP contribution in [0.25, 0.3) is 0 Å². The Bertz CT molecular complexity index is 785. The molecule has 0 aromatic heterocycles. The van der Waals surface area contributed by atoms with Gasteiger partial charge in [0.2, 0.25) is 0 Å². The minimum Gasteiger partial charge on any atom is -0.481 e. The van der Waals surface area contributed by atoms with Gasteiger partial charge in [0.05, 0.1) is 12.2 Å². The smallest absolute Gasteiger partial charge is 0.338 e. The van der Waals surface area contributed by atoms with Crippen LogP contribution in [0.5, 0.6) is 5.75 Å². The Kier molecular flexibility index (Phi) is 6.78. The molecular weight excluding hydrogens is 330 g/mol. The lowest BCUT2D eigenvalue weighted by Gasteiger charge is -2.18. The van der Waals surface area contributed by atoms with Crippen molar-refractivity contribution >= 4 is 17.6 Å². The van der Waals surface area contributed by atoms with E-state index in [0.29, 0.717) is 30.0 Å². The Balaban J connectivity index is 2.08. The van der Waals surface area contributed by atoms with Gasteiger partial charge in [-0.3, -0.25) is 4.79 Å². The van der Waals surface area contributed by atoms with Crippen LogP contribution in [-0.4, -0.2) is 24.6 Å². The van der Waals surface area contributed by atoms with Crippen molar-refractivity contribution in [3.63, 3.8) is 0 Å². The molecular formula is C21H25NO4. The summed E-state index contributed by atoms with van der Waals surface area (Å²) in [6, 6.07) is 12.7. The molecule has 0 bridgehead atoms. The lowest BCUT2D eigenvalue weighted by molar-refractivity contribution is -0.122. The highest BCUT2D eigenvalue weighted by Crippen LogP contribution is 2.20. The molecule has 0 saturated carbocycles. The topological polar surface area (TPSA) is 64.6 Å². The molecule has 26 heavy (non-hydrogen) atoms. The van der Waals surface area contributed by atoms with Gasteiger partial charge in [-0.15, -0.1) is 0 Å². The highest BCUT2D eigenvalue weighted by Gasteiger charge is 2.19. The van der Waals surface area contributed by atoms with Crippen molar-refractivity contribution in [1.29, 1.82) is 0 Å². The van der Waals surface area contributed by atoms with E-state index in [2.05, 4.69) is 5.32 Å². The van der Waals surface area contributed by atoms with E-state index in [0.717, 1.165) is 11.1 Å².